The van der Waals surface area contributed by atoms with Crippen LogP contribution in [0, 0.1) is 6.92 Å². The van der Waals surface area contributed by atoms with Gasteiger partial charge in [-0.3, -0.25) is 4.79 Å². The van der Waals surface area contributed by atoms with E-state index >= 15 is 0 Å². The Morgan fingerprint density at radius 1 is 1.13 bits per heavy atom. The number of halogens is 1. The van der Waals surface area contributed by atoms with E-state index in [9.17, 15) is 4.79 Å². The van der Waals surface area contributed by atoms with Crippen molar-refractivity contribution in [2.75, 3.05) is 11.9 Å². The molecular formula is C18H20ClNO3. The zero-order chi connectivity index (χ0) is 16.8. The lowest BCUT2D eigenvalue weighted by atomic mass is 10.2. The quantitative estimate of drug-likeness (QED) is 0.849. The summed E-state index contributed by atoms with van der Waals surface area (Å²) in [5.74, 6) is 1.16. The third-order valence-electron chi connectivity index (χ3n) is 3.01. The van der Waals surface area contributed by atoms with Crippen molar-refractivity contribution >= 4 is 23.2 Å². The number of carbonyl (C=O) groups is 1. The van der Waals surface area contributed by atoms with E-state index in [-0.39, 0.29) is 18.6 Å². The largest absolute Gasteiger partial charge is 0.491 e. The molecule has 0 unspecified atom stereocenters. The molecule has 2 rings (SSSR count). The van der Waals surface area contributed by atoms with Crippen LogP contribution in [-0.2, 0) is 4.79 Å². The van der Waals surface area contributed by atoms with Gasteiger partial charge in [0.1, 0.15) is 11.5 Å². The summed E-state index contributed by atoms with van der Waals surface area (Å²) < 4.78 is 11.0. The molecule has 1 amide bonds. The molecule has 0 spiro atoms. The monoisotopic (exact) mass is 333 g/mol. The van der Waals surface area contributed by atoms with Gasteiger partial charge in [-0.15, -0.1) is 0 Å². The number of hydrogen-bond donors (Lipinski definition) is 1. The molecule has 0 fully saturated rings. The highest BCUT2D eigenvalue weighted by Crippen LogP contribution is 2.21. The summed E-state index contributed by atoms with van der Waals surface area (Å²) in [5.41, 5.74) is 1.60. The fraction of sp³-hybridized carbons (Fsp3) is 0.278. The van der Waals surface area contributed by atoms with Crippen molar-refractivity contribution in [1.82, 2.24) is 0 Å². The Hall–Kier alpha value is -2.20. The number of anilines is 1. The van der Waals surface area contributed by atoms with Gasteiger partial charge in [-0.25, -0.2) is 0 Å². The summed E-state index contributed by atoms with van der Waals surface area (Å²) >= 11 is 5.95. The lowest BCUT2D eigenvalue weighted by Crippen LogP contribution is -2.20. The predicted molar refractivity (Wildman–Crippen MR) is 92.5 cm³/mol. The first-order valence-corrected chi connectivity index (χ1v) is 7.77. The number of carbonyl (C=O) groups excluding carboxylic acids is 1. The van der Waals surface area contributed by atoms with Crippen LogP contribution in [0.5, 0.6) is 11.5 Å². The molecule has 0 atom stereocenters. The average molecular weight is 334 g/mol. The molecule has 2 aromatic rings. The van der Waals surface area contributed by atoms with Gasteiger partial charge in [0.05, 0.1) is 6.10 Å². The Labute approximate surface area is 141 Å². The molecule has 2 aromatic carbocycles. The van der Waals surface area contributed by atoms with Crippen molar-refractivity contribution in [3.63, 3.8) is 0 Å². The van der Waals surface area contributed by atoms with E-state index in [2.05, 4.69) is 5.32 Å². The second-order valence-electron chi connectivity index (χ2n) is 5.44. The van der Waals surface area contributed by atoms with Gasteiger partial charge >= 0.3 is 0 Å². The topological polar surface area (TPSA) is 47.6 Å². The van der Waals surface area contributed by atoms with Crippen LogP contribution < -0.4 is 14.8 Å². The summed E-state index contributed by atoms with van der Waals surface area (Å²) in [6.07, 6.45) is 0.117. The highest BCUT2D eigenvalue weighted by molar-refractivity contribution is 6.31. The molecule has 1 N–H and O–H groups in total. The number of ether oxygens (including phenoxy) is 2. The van der Waals surface area contributed by atoms with E-state index in [0.717, 1.165) is 11.3 Å². The lowest BCUT2D eigenvalue weighted by Gasteiger charge is -2.11. The average Bonchev–Trinajstić information content (AvgIpc) is 2.50. The van der Waals surface area contributed by atoms with Gasteiger partial charge in [0.25, 0.3) is 5.91 Å². The molecular weight excluding hydrogens is 314 g/mol. The van der Waals surface area contributed by atoms with Crippen LogP contribution in [0.15, 0.2) is 42.5 Å². The maximum atomic E-state index is 11.9. The van der Waals surface area contributed by atoms with Crippen LogP contribution >= 0.6 is 11.6 Å². The molecule has 122 valence electrons. The number of hydrogen-bond acceptors (Lipinski definition) is 3. The number of amides is 1. The Morgan fingerprint density at radius 2 is 1.78 bits per heavy atom. The Bertz CT molecular complexity index is 668. The Morgan fingerprint density at radius 3 is 2.39 bits per heavy atom. The molecule has 0 saturated heterocycles. The number of rotatable bonds is 6. The van der Waals surface area contributed by atoms with Gasteiger partial charge in [0.2, 0.25) is 0 Å². The molecule has 0 aliphatic carbocycles. The third kappa shape index (κ3) is 5.49. The number of aryl methyl sites for hydroxylation is 1. The van der Waals surface area contributed by atoms with Crippen molar-refractivity contribution in [3.05, 3.63) is 53.1 Å². The fourth-order valence-electron chi connectivity index (χ4n) is 1.94. The van der Waals surface area contributed by atoms with Gasteiger partial charge in [-0.2, -0.15) is 0 Å². The van der Waals surface area contributed by atoms with E-state index < -0.39 is 0 Å². The van der Waals surface area contributed by atoms with Crippen molar-refractivity contribution in [3.8, 4) is 11.5 Å². The zero-order valence-electron chi connectivity index (χ0n) is 13.4. The molecule has 23 heavy (non-hydrogen) atoms. The minimum absolute atomic E-state index is 0.0642. The SMILES string of the molecule is Cc1cc(OCC(=O)Nc2ccc(OC(C)C)cc2)ccc1Cl. The molecule has 0 aliphatic rings. The first-order chi connectivity index (χ1) is 10.9. The number of nitrogens with one attached hydrogen (secondary N) is 1. The maximum absolute atomic E-state index is 11.9. The summed E-state index contributed by atoms with van der Waals surface area (Å²) in [5, 5.41) is 3.44. The maximum Gasteiger partial charge on any atom is 0.262 e. The van der Waals surface area contributed by atoms with Crippen molar-refractivity contribution in [2.45, 2.75) is 26.9 Å². The normalized spacial score (nSPS) is 10.5. The molecule has 0 bridgehead atoms. The smallest absolute Gasteiger partial charge is 0.262 e. The van der Waals surface area contributed by atoms with Crippen LogP contribution in [0.2, 0.25) is 5.02 Å². The van der Waals surface area contributed by atoms with Gasteiger partial charge < -0.3 is 14.8 Å². The summed E-state index contributed by atoms with van der Waals surface area (Å²) in [7, 11) is 0. The molecule has 5 heteroatoms. The van der Waals surface area contributed by atoms with Crippen LogP contribution in [-0.4, -0.2) is 18.6 Å². The molecule has 0 aromatic heterocycles. The van der Waals surface area contributed by atoms with Gasteiger partial charge in [0.15, 0.2) is 6.61 Å². The Kier molecular flexibility index (Phi) is 5.88. The van der Waals surface area contributed by atoms with Crippen molar-refractivity contribution in [1.29, 1.82) is 0 Å². The second kappa shape index (κ2) is 7.88. The van der Waals surface area contributed by atoms with E-state index in [4.69, 9.17) is 21.1 Å². The predicted octanol–water partition coefficient (Wildman–Crippen LogP) is 4.45. The summed E-state index contributed by atoms with van der Waals surface area (Å²) in [6, 6.07) is 12.5. The molecule has 0 aliphatic heterocycles. The Balaban J connectivity index is 1.85. The van der Waals surface area contributed by atoms with E-state index in [1.807, 2.05) is 32.9 Å². The van der Waals surface area contributed by atoms with Gasteiger partial charge in [-0.05, 0) is 68.8 Å². The molecule has 0 heterocycles. The number of benzene rings is 2. The first-order valence-electron chi connectivity index (χ1n) is 7.39. The van der Waals surface area contributed by atoms with E-state index in [1.165, 1.54) is 0 Å². The van der Waals surface area contributed by atoms with Crippen LogP contribution in [0.4, 0.5) is 5.69 Å². The highest BCUT2D eigenvalue weighted by atomic mass is 35.5. The van der Waals surface area contributed by atoms with Crippen LogP contribution in [0.25, 0.3) is 0 Å². The van der Waals surface area contributed by atoms with Crippen LogP contribution in [0.3, 0.4) is 0 Å². The molecule has 0 radical (unpaired) electrons. The standard InChI is InChI=1S/C18H20ClNO3/c1-12(2)23-15-6-4-14(5-7-15)20-18(21)11-22-16-8-9-17(19)13(3)10-16/h4-10,12H,11H2,1-3H3,(H,20,21). The van der Waals surface area contributed by atoms with Crippen molar-refractivity contribution < 1.29 is 14.3 Å². The van der Waals surface area contributed by atoms with Gasteiger partial charge in [-0.1, -0.05) is 11.6 Å². The van der Waals surface area contributed by atoms with Crippen LogP contribution in [0.1, 0.15) is 19.4 Å². The molecule has 0 saturated carbocycles. The summed E-state index contributed by atoms with van der Waals surface area (Å²) in [4.78, 5) is 11.9. The highest BCUT2D eigenvalue weighted by Gasteiger charge is 2.05. The fourth-order valence-corrected chi connectivity index (χ4v) is 2.06. The first kappa shape index (κ1) is 17.2. The zero-order valence-corrected chi connectivity index (χ0v) is 14.2. The van der Waals surface area contributed by atoms with E-state index in [1.54, 1.807) is 30.3 Å². The molecule has 4 nitrogen and oxygen atoms in total. The van der Waals surface area contributed by atoms with Gasteiger partial charge in [0, 0.05) is 10.7 Å². The third-order valence-corrected chi connectivity index (χ3v) is 3.43. The van der Waals surface area contributed by atoms with E-state index in [0.29, 0.717) is 16.5 Å². The minimum atomic E-state index is -0.227. The lowest BCUT2D eigenvalue weighted by molar-refractivity contribution is -0.118. The second-order valence-corrected chi connectivity index (χ2v) is 5.85. The summed E-state index contributed by atoms with van der Waals surface area (Å²) in [6.45, 7) is 5.75. The van der Waals surface area contributed by atoms with Crippen molar-refractivity contribution in [2.24, 2.45) is 0 Å². The minimum Gasteiger partial charge on any atom is -0.491 e.